The molecule has 0 spiro atoms. The van der Waals surface area contributed by atoms with E-state index in [0.717, 1.165) is 11.4 Å². The fourth-order valence-electron chi connectivity index (χ4n) is 2.25. The lowest BCUT2D eigenvalue weighted by atomic mass is 10.3. The van der Waals surface area contributed by atoms with Crippen LogP contribution in [0.5, 0.6) is 5.75 Å². The Morgan fingerprint density at radius 2 is 2.19 bits per heavy atom. The van der Waals surface area contributed by atoms with Crippen LogP contribution in [0.3, 0.4) is 0 Å². The Hall–Kier alpha value is -2.51. The molecule has 0 aliphatic rings. The molecule has 8 heteroatoms. The molecule has 2 aromatic carbocycles. The summed E-state index contributed by atoms with van der Waals surface area (Å²) < 4.78 is 20.3. The van der Waals surface area contributed by atoms with Crippen molar-refractivity contribution in [1.82, 2.24) is 9.55 Å². The van der Waals surface area contributed by atoms with Crippen molar-refractivity contribution >= 4 is 35.0 Å². The van der Waals surface area contributed by atoms with E-state index >= 15 is 0 Å². The van der Waals surface area contributed by atoms with Crippen LogP contribution in [0.2, 0.25) is 5.02 Å². The molecule has 1 N–H and O–H groups in total. The fraction of sp³-hybridized carbons (Fsp3) is 0.111. The Labute approximate surface area is 159 Å². The lowest BCUT2D eigenvalue weighted by Crippen LogP contribution is -2.14. The molecule has 0 fully saturated rings. The van der Waals surface area contributed by atoms with Gasteiger partial charge in [-0.1, -0.05) is 29.4 Å². The molecule has 0 radical (unpaired) electrons. The summed E-state index contributed by atoms with van der Waals surface area (Å²) in [5, 5.41) is 3.32. The molecule has 0 aliphatic heterocycles. The number of rotatable bonds is 6. The van der Waals surface area contributed by atoms with E-state index in [1.54, 1.807) is 13.3 Å². The number of aromatic nitrogens is 2. The maximum absolute atomic E-state index is 13.2. The minimum atomic E-state index is -0.528. The topological polar surface area (TPSA) is 56.2 Å². The van der Waals surface area contributed by atoms with Crippen LogP contribution in [-0.2, 0) is 4.79 Å². The Kier molecular flexibility index (Phi) is 5.80. The van der Waals surface area contributed by atoms with Gasteiger partial charge < -0.3 is 10.1 Å². The zero-order chi connectivity index (χ0) is 18.5. The maximum atomic E-state index is 13.2. The molecule has 1 aromatic heterocycles. The molecule has 3 aromatic rings. The number of amides is 1. The van der Waals surface area contributed by atoms with Crippen LogP contribution >= 0.6 is 23.4 Å². The molecular weight excluding hydrogens is 377 g/mol. The molecule has 0 aliphatic carbocycles. The molecule has 0 saturated carbocycles. The van der Waals surface area contributed by atoms with E-state index in [1.165, 1.54) is 30.0 Å². The summed E-state index contributed by atoms with van der Waals surface area (Å²) in [5.41, 5.74) is 1.33. The van der Waals surface area contributed by atoms with Gasteiger partial charge in [0.1, 0.15) is 11.6 Å². The van der Waals surface area contributed by atoms with Crippen LogP contribution in [0.25, 0.3) is 5.69 Å². The molecule has 0 unspecified atom stereocenters. The number of anilines is 1. The minimum Gasteiger partial charge on any atom is -0.497 e. The summed E-state index contributed by atoms with van der Waals surface area (Å²) >= 11 is 7.00. The number of benzene rings is 2. The van der Waals surface area contributed by atoms with Gasteiger partial charge in [0, 0.05) is 24.1 Å². The van der Waals surface area contributed by atoms with Gasteiger partial charge >= 0.3 is 0 Å². The average molecular weight is 392 g/mol. The molecule has 134 valence electrons. The van der Waals surface area contributed by atoms with Crippen LogP contribution < -0.4 is 10.1 Å². The van der Waals surface area contributed by atoms with Gasteiger partial charge in [-0.3, -0.25) is 9.36 Å². The van der Waals surface area contributed by atoms with E-state index < -0.39 is 5.82 Å². The number of imidazole rings is 1. The van der Waals surface area contributed by atoms with Crippen molar-refractivity contribution in [3.05, 3.63) is 65.7 Å². The van der Waals surface area contributed by atoms with Crippen LogP contribution in [0.4, 0.5) is 10.1 Å². The lowest BCUT2D eigenvalue weighted by molar-refractivity contribution is -0.113. The van der Waals surface area contributed by atoms with Gasteiger partial charge in [0.15, 0.2) is 5.16 Å². The standard InChI is InChI=1S/C18H15ClFN3O2S/c1-25-14-4-2-3-13(10-14)23-8-7-21-18(23)26-11-17(24)22-12-5-6-16(20)15(19)9-12/h2-10H,11H2,1H3,(H,22,24). The van der Waals surface area contributed by atoms with E-state index in [2.05, 4.69) is 10.3 Å². The zero-order valence-corrected chi connectivity index (χ0v) is 15.4. The van der Waals surface area contributed by atoms with Gasteiger partial charge in [-0.15, -0.1) is 0 Å². The third-order valence-corrected chi connectivity index (χ3v) is 4.73. The van der Waals surface area contributed by atoms with Crippen LogP contribution in [0.15, 0.2) is 60.0 Å². The number of hydrogen-bond donors (Lipinski definition) is 1. The van der Waals surface area contributed by atoms with E-state index in [-0.39, 0.29) is 16.7 Å². The summed E-state index contributed by atoms with van der Waals surface area (Å²) in [6.45, 7) is 0. The number of thioether (sulfide) groups is 1. The predicted octanol–water partition coefficient (Wildman–Crippen LogP) is 4.40. The summed E-state index contributed by atoms with van der Waals surface area (Å²) in [6.07, 6.45) is 3.48. The third-order valence-electron chi connectivity index (χ3n) is 3.47. The van der Waals surface area contributed by atoms with E-state index in [9.17, 15) is 9.18 Å². The number of hydrogen-bond acceptors (Lipinski definition) is 4. The monoisotopic (exact) mass is 391 g/mol. The Balaban J connectivity index is 1.66. The van der Waals surface area contributed by atoms with E-state index in [4.69, 9.17) is 16.3 Å². The Morgan fingerprint density at radius 1 is 1.35 bits per heavy atom. The first-order valence-corrected chi connectivity index (χ1v) is 8.98. The first-order valence-electron chi connectivity index (χ1n) is 7.62. The molecule has 0 atom stereocenters. The number of carbonyl (C=O) groups is 1. The molecule has 26 heavy (non-hydrogen) atoms. The van der Waals surface area contributed by atoms with Crippen molar-refractivity contribution in [2.45, 2.75) is 5.16 Å². The first-order chi connectivity index (χ1) is 12.6. The summed E-state index contributed by atoms with van der Waals surface area (Å²) in [6, 6.07) is 11.6. The Morgan fingerprint density at radius 3 is 2.96 bits per heavy atom. The zero-order valence-electron chi connectivity index (χ0n) is 13.8. The second kappa shape index (κ2) is 8.25. The van der Waals surface area contributed by atoms with Crippen molar-refractivity contribution in [1.29, 1.82) is 0 Å². The van der Waals surface area contributed by atoms with Crippen LogP contribution in [0, 0.1) is 5.82 Å². The van der Waals surface area contributed by atoms with Crippen molar-refractivity contribution in [3.8, 4) is 11.4 Å². The molecule has 1 heterocycles. The van der Waals surface area contributed by atoms with Crippen molar-refractivity contribution in [3.63, 3.8) is 0 Å². The van der Waals surface area contributed by atoms with Gasteiger partial charge in [0.2, 0.25) is 5.91 Å². The second-order valence-corrected chi connectivity index (χ2v) is 6.60. The molecule has 0 saturated heterocycles. The highest BCUT2D eigenvalue weighted by Crippen LogP contribution is 2.24. The van der Waals surface area contributed by atoms with Crippen molar-refractivity contribution in [2.75, 3.05) is 18.2 Å². The lowest BCUT2D eigenvalue weighted by Gasteiger charge is -2.09. The molecule has 3 rings (SSSR count). The quantitative estimate of drug-likeness (QED) is 0.632. The number of nitrogens with one attached hydrogen (secondary N) is 1. The summed E-state index contributed by atoms with van der Waals surface area (Å²) in [5.74, 6) is 0.117. The normalized spacial score (nSPS) is 10.6. The van der Waals surface area contributed by atoms with Crippen LogP contribution in [0.1, 0.15) is 0 Å². The third kappa shape index (κ3) is 4.36. The largest absolute Gasteiger partial charge is 0.497 e. The molecular formula is C18H15ClFN3O2S. The van der Waals surface area contributed by atoms with Gasteiger partial charge in [-0.05, 0) is 30.3 Å². The average Bonchev–Trinajstić information content (AvgIpc) is 3.12. The highest BCUT2D eigenvalue weighted by molar-refractivity contribution is 7.99. The van der Waals surface area contributed by atoms with Gasteiger partial charge in [0.05, 0.1) is 23.6 Å². The Bertz CT molecular complexity index is 932. The van der Waals surface area contributed by atoms with Crippen LogP contribution in [-0.4, -0.2) is 28.3 Å². The molecule has 5 nitrogen and oxygen atoms in total. The van der Waals surface area contributed by atoms with E-state index in [0.29, 0.717) is 10.8 Å². The second-order valence-electron chi connectivity index (χ2n) is 5.25. The predicted molar refractivity (Wildman–Crippen MR) is 101 cm³/mol. The van der Waals surface area contributed by atoms with E-state index in [1.807, 2.05) is 35.0 Å². The maximum Gasteiger partial charge on any atom is 0.234 e. The number of methoxy groups -OCH3 is 1. The molecule has 1 amide bonds. The summed E-state index contributed by atoms with van der Waals surface area (Å²) in [4.78, 5) is 16.4. The number of ether oxygens (including phenoxy) is 1. The van der Waals surface area contributed by atoms with Crippen molar-refractivity contribution < 1.29 is 13.9 Å². The summed E-state index contributed by atoms with van der Waals surface area (Å²) in [7, 11) is 1.61. The number of nitrogens with zero attached hydrogens (tertiary/aromatic N) is 2. The highest BCUT2D eigenvalue weighted by Gasteiger charge is 2.11. The van der Waals surface area contributed by atoms with Gasteiger partial charge in [-0.2, -0.15) is 0 Å². The SMILES string of the molecule is COc1cccc(-n2ccnc2SCC(=O)Nc2ccc(F)c(Cl)c2)c1. The number of carbonyl (C=O) groups excluding carboxylic acids is 1. The van der Waals surface area contributed by atoms with Crippen molar-refractivity contribution in [2.24, 2.45) is 0 Å². The highest BCUT2D eigenvalue weighted by atomic mass is 35.5. The van der Waals surface area contributed by atoms with Gasteiger partial charge in [0.25, 0.3) is 0 Å². The fourth-order valence-corrected chi connectivity index (χ4v) is 3.21. The molecule has 0 bridgehead atoms. The first kappa shape index (κ1) is 18.3. The minimum absolute atomic E-state index is 0.0379. The smallest absolute Gasteiger partial charge is 0.234 e. The van der Waals surface area contributed by atoms with Gasteiger partial charge in [-0.25, -0.2) is 9.37 Å². The number of halogens is 2.